The second-order valence-electron chi connectivity index (χ2n) is 11.8. The number of halogens is 2. The fraction of sp³-hybridized carbons (Fsp3) is 0.333. The third kappa shape index (κ3) is 6.71. The molecule has 9 heteroatoms. The third-order valence-electron chi connectivity index (χ3n) is 7.26. The molecule has 2 heterocycles. The summed E-state index contributed by atoms with van der Waals surface area (Å²) in [5.74, 6) is 1.53. The van der Waals surface area contributed by atoms with Gasteiger partial charge in [0.05, 0.1) is 16.8 Å². The Kier molecular flexibility index (Phi) is 8.49. The van der Waals surface area contributed by atoms with E-state index < -0.39 is 11.2 Å². The van der Waals surface area contributed by atoms with E-state index in [0.29, 0.717) is 42.9 Å². The second kappa shape index (κ2) is 11.9. The highest BCUT2D eigenvalue weighted by Crippen LogP contribution is 2.34. The van der Waals surface area contributed by atoms with Crippen molar-refractivity contribution in [2.75, 3.05) is 0 Å². The minimum atomic E-state index is -0.627. The molecule has 6 nitrogen and oxygen atoms in total. The van der Waals surface area contributed by atoms with Crippen molar-refractivity contribution in [2.24, 2.45) is 5.41 Å². The Morgan fingerprint density at radius 2 is 1.86 bits per heavy atom. The third-order valence-corrected chi connectivity index (χ3v) is 8.56. The summed E-state index contributed by atoms with van der Waals surface area (Å²) in [5, 5.41) is 0.581. The quantitative estimate of drug-likeness (QED) is 0.242. The summed E-state index contributed by atoms with van der Waals surface area (Å²) < 4.78 is 23.0. The maximum atomic E-state index is 14.4. The lowest BCUT2D eigenvalue weighted by Crippen LogP contribution is -2.33. The first-order chi connectivity index (χ1) is 19.9. The van der Waals surface area contributed by atoms with Crippen molar-refractivity contribution in [1.82, 2.24) is 14.5 Å². The topological polar surface area (TPSA) is 74.1 Å². The molecule has 4 aromatic rings. The van der Waals surface area contributed by atoms with Crippen molar-refractivity contribution in [2.45, 2.75) is 66.3 Å². The number of rotatable bonds is 7. The minimum absolute atomic E-state index is 0.105. The van der Waals surface area contributed by atoms with Gasteiger partial charge in [-0.15, -0.1) is 11.3 Å². The average molecular weight is 606 g/mol. The summed E-state index contributed by atoms with van der Waals surface area (Å²) in [5.41, 5.74) is 1.84. The number of carbonyl (C=O) groups is 1. The van der Waals surface area contributed by atoms with Crippen LogP contribution in [0.25, 0.3) is 12.2 Å². The molecule has 0 atom stereocenters. The van der Waals surface area contributed by atoms with Crippen LogP contribution in [-0.2, 0) is 11.3 Å². The van der Waals surface area contributed by atoms with Gasteiger partial charge in [-0.05, 0) is 80.8 Å². The fourth-order valence-electron chi connectivity index (χ4n) is 4.58. The van der Waals surface area contributed by atoms with E-state index in [1.807, 2.05) is 40.7 Å². The van der Waals surface area contributed by atoms with Gasteiger partial charge >= 0.3 is 0 Å². The van der Waals surface area contributed by atoms with Crippen LogP contribution in [0.5, 0.6) is 11.5 Å². The van der Waals surface area contributed by atoms with Gasteiger partial charge in [-0.1, -0.05) is 38.8 Å². The van der Waals surface area contributed by atoms with Gasteiger partial charge in [-0.25, -0.2) is 14.4 Å². The molecule has 0 N–H and O–H groups in total. The molecule has 1 fully saturated rings. The first-order valence-electron chi connectivity index (χ1n) is 13.9. The lowest BCUT2D eigenvalue weighted by molar-refractivity contribution is -0.120. The maximum Gasteiger partial charge on any atom is 0.269 e. The van der Waals surface area contributed by atoms with Crippen LogP contribution in [0.3, 0.4) is 0 Å². The molecule has 0 unspecified atom stereocenters. The van der Waals surface area contributed by atoms with E-state index in [9.17, 15) is 14.0 Å². The Morgan fingerprint density at radius 1 is 1.12 bits per heavy atom. The summed E-state index contributed by atoms with van der Waals surface area (Å²) in [6.45, 7) is 9.48. The number of carbonyl (C=O) groups excluding carboxylic acids is 1. The molecular formula is C33H33ClFN3O3S. The predicted molar refractivity (Wildman–Crippen MR) is 165 cm³/mol. The number of ketones is 1. The van der Waals surface area contributed by atoms with E-state index in [-0.39, 0.29) is 17.9 Å². The summed E-state index contributed by atoms with van der Waals surface area (Å²) in [6, 6.07) is 11.3. The Hall–Kier alpha value is -3.62. The van der Waals surface area contributed by atoms with Crippen LogP contribution in [0.1, 0.15) is 74.3 Å². The number of aryl methyl sites for hydroxylation is 2. The molecule has 218 valence electrons. The average Bonchev–Trinajstić information content (AvgIpc) is 3.14. The molecule has 2 aromatic heterocycles. The standard InChI is InChI=1S/C33H33ClFN3O3S/c1-19-13-23(34)9-11-26(19)41-27-12-10-24(35)15-22(27)16-28-32(40)38(30(42-28)17-29(39)33(3,4)5)18-25-14-20(2)36-31(37-25)21-7-6-8-21/h9-17,21H,6-8,18H2,1-5H3/b28-16+,30-17+. The molecular weight excluding hydrogens is 573 g/mol. The monoisotopic (exact) mass is 605 g/mol. The zero-order valence-corrected chi connectivity index (χ0v) is 25.9. The minimum Gasteiger partial charge on any atom is -0.456 e. The molecule has 1 aliphatic carbocycles. The lowest BCUT2D eigenvalue weighted by Gasteiger charge is -2.24. The molecule has 2 aromatic carbocycles. The van der Waals surface area contributed by atoms with E-state index in [2.05, 4.69) is 4.98 Å². The number of aromatic nitrogens is 3. The number of hydrogen-bond acceptors (Lipinski definition) is 6. The zero-order chi connectivity index (χ0) is 30.2. The van der Waals surface area contributed by atoms with Crippen molar-refractivity contribution in [1.29, 1.82) is 0 Å². The van der Waals surface area contributed by atoms with Crippen molar-refractivity contribution in [3.8, 4) is 11.5 Å². The van der Waals surface area contributed by atoms with Crippen molar-refractivity contribution < 1.29 is 13.9 Å². The number of Topliss-reactive ketones (excluding diaryl/α,β-unsaturated/α-hetero) is 1. The molecule has 1 saturated carbocycles. The van der Waals surface area contributed by atoms with Gasteiger partial charge in [0.15, 0.2) is 5.78 Å². The van der Waals surface area contributed by atoms with E-state index in [1.54, 1.807) is 28.8 Å². The first-order valence-corrected chi connectivity index (χ1v) is 15.1. The molecule has 1 aliphatic rings. The second-order valence-corrected chi connectivity index (χ2v) is 13.3. The van der Waals surface area contributed by atoms with Gasteiger partial charge in [0.1, 0.15) is 27.8 Å². The molecule has 5 rings (SSSR count). The van der Waals surface area contributed by atoms with Crippen molar-refractivity contribution in [3.63, 3.8) is 0 Å². The number of hydrogen-bond donors (Lipinski definition) is 0. The number of benzene rings is 2. The highest BCUT2D eigenvalue weighted by Gasteiger charge is 2.23. The van der Waals surface area contributed by atoms with Crippen LogP contribution in [0, 0.1) is 25.1 Å². The number of thiazole rings is 1. The normalized spacial score (nSPS) is 14.7. The van der Waals surface area contributed by atoms with Gasteiger partial charge in [-0.2, -0.15) is 0 Å². The van der Waals surface area contributed by atoms with Gasteiger partial charge in [0.25, 0.3) is 5.56 Å². The predicted octanol–water partition coefficient (Wildman–Crippen LogP) is 6.44. The van der Waals surface area contributed by atoms with Gasteiger partial charge < -0.3 is 4.74 Å². The van der Waals surface area contributed by atoms with Crippen molar-refractivity contribution in [3.05, 3.63) is 101 Å². The molecule has 0 bridgehead atoms. The molecule has 0 amide bonds. The SMILES string of the molecule is Cc1cc(Cn2c(=O)/c(=C\c3cc(F)ccc3Oc3ccc(Cl)cc3C)s/c2=C/C(=O)C(C)(C)C)nc(C2CCC2)n1. The van der Waals surface area contributed by atoms with Crippen molar-refractivity contribution >= 4 is 40.9 Å². The van der Waals surface area contributed by atoms with Crippen LogP contribution >= 0.6 is 22.9 Å². The Balaban J connectivity index is 1.63. The molecule has 0 spiro atoms. The fourth-order valence-corrected chi connectivity index (χ4v) is 5.84. The summed E-state index contributed by atoms with van der Waals surface area (Å²) in [6.07, 6.45) is 6.42. The van der Waals surface area contributed by atoms with E-state index in [0.717, 1.165) is 36.3 Å². The first kappa shape index (κ1) is 29.9. The van der Waals surface area contributed by atoms with Gasteiger partial charge in [0.2, 0.25) is 0 Å². The summed E-state index contributed by atoms with van der Waals surface area (Å²) in [4.78, 5) is 36.3. The maximum absolute atomic E-state index is 14.4. The lowest BCUT2D eigenvalue weighted by atomic mass is 9.85. The van der Waals surface area contributed by atoms with E-state index in [1.165, 1.54) is 35.6 Å². The summed E-state index contributed by atoms with van der Waals surface area (Å²) in [7, 11) is 0. The van der Waals surface area contributed by atoms with Crippen LogP contribution in [-0.4, -0.2) is 20.3 Å². The van der Waals surface area contributed by atoms with E-state index in [4.69, 9.17) is 21.3 Å². The zero-order valence-electron chi connectivity index (χ0n) is 24.3. The Labute approximate surface area is 253 Å². The highest BCUT2D eigenvalue weighted by molar-refractivity contribution is 7.07. The molecule has 0 radical (unpaired) electrons. The van der Waals surface area contributed by atoms with Crippen LogP contribution in [0.2, 0.25) is 5.02 Å². The molecule has 42 heavy (non-hydrogen) atoms. The smallest absolute Gasteiger partial charge is 0.269 e. The largest absolute Gasteiger partial charge is 0.456 e. The van der Waals surface area contributed by atoms with E-state index >= 15 is 0 Å². The molecule has 0 aliphatic heterocycles. The number of ether oxygens (including phenoxy) is 1. The van der Waals surface area contributed by atoms with Crippen LogP contribution in [0.4, 0.5) is 4.39 Å². The highest BCUT2D eigenvalue weighted by atomic mass is 35.5. The van der Waals surface area contributed by atoms with Gasteiger partial charge in [-0.3, -0.25) is 14.2 Å². The Morgan fingerprint density at radius 3 is 2.52 bits per heavy atom. The molecule has 0 saturated heterocycles. The number of nitrogens with zero attached hydrogens (tertiary/aromatic N) is 3. The van der Waals surface area contributed by atoms with Gasteiger partial charge in [0, 0.05) is 33.7 Å². The Bertz CT molecular complexity index is 1850. The van der Waals surface area contributed by atoms with Crippen LogP contribution < -0.4 is 19.5 Å². The summed E-state index contributed by atoms with van der Waals surface area (Å²) >= 11 is 7.28. The van der Waals surface area contributed by atoms with Crippen LogP contribution in [0.15, 0.2) is 47.3 Å².